The SMILES string of the molecule is [Li][c]1ccc(O[Si](C)(C)CC(C)C)cc1. The summed E-state index contributed by atoms with van der Waals surface area (Å²) in [4.78, 5) is 0. The second-order valence-electron chi connectivity index (χ2n) is 5.27. The molecule has 0 fully saturated rings. The van der Waals surface area contributed by atoms with Gasteiger partial charge in [-0.2, -0.15) is 0 Å². The summed E-state index contributed by atoms with van der Waals surface area (Å²) in [6.07, 6.45) is 0. The van der Waals surface area contributed by atoms with E-state index < -0.39 is 8.32 Å². The third-order valence-corrected chi connectivity index (χ3v) is 4.90. The molecular formula is C12H19LiOSi. The van der Waals surface area contributed by atoms with Crippen LogP contribution in [0.3, 0.4) is 0 Å². The molecule has 1 aromatic carbocycles. The van der Waals surface area contributed by atoms with E-state index in [-0.39, 0.29) is 0 Å². The van der Waals surface area contributed by atoms with Gasteiger partial charge in [0.1, 0.15) is 0 Å². The number of hydrogen-bond donors (Lipinski definition) is 0. The molecular weight excluding hydrogens is 195 g/mol. The van der Waals surface area contributed by atoms with Crippen LogP contribution in [0, 0.1) is 5.92 Å². The molecule has 1 rings (SSSR count). The molecule has 0 unspecified atom stereocenters. The summed E-state index contributed by atoms with van der Waals surface area (Å²) in [5, 5.41) is 0. The van der Waals surface area contributed by atoms with Gasteiger partial charge in [0.25, 0.3) is 0 Å². The van der Waals surface area contributed by atoms with Gasteiger partial charge >= 0.3 is 104 Å². The quantitative estimate of drug-likeness (QED) is 0.700. The predicted octanol–water partition coefficient (Wildman–Crippen LogP) is 2.72. The molecule has 1 aromatic rings. The van der Waals surface area contributed by atoms with Crippen molar-refractivity contribution in [1.29, 1.82) is 0 Å². The molecule has 0 amide bonds. The first-order valence-electron chi connectivity index (χ1n) is 5.65. The summed E-state index contributed by atoms with van der Waals surface area (Å²) in [6, 6.07) is 9.57. The van der Waals surface area contributed by atoms with Crippen molar-refractivity contribution >= 4 is 30.3 Å². The van der Waals surface area contributed by atoms with Crippen LogP contribution in [0.5, 0.6) is 5.75 Å². The van der Waals surface area contributed by atoms with E-state index in [1.54, 1.807) is 0 Å². The zero-order chi connectivity index (χ0) is 11.5. The average molecular weight is 214 g/mol. The Morgan fingerprint density at radius 2 is 1.73 bits per heavy atom. The Bertz CT molecular complexity index is 306. The number of rotatable bonds is 4. The van der Waals surface area contributed by atoms with Crippen molar-refractivity contribution in [3.05, 3.63) is 24.3 Å². The topological polar surface area (TPSA) is 9.23 Å². The van der Waals surface area contributed by atoms with Gasteiger partial charge in [-0.3, -0.25) is 0 Å². The van der Waals surface area contributed by atoms with E-state index in [4.69, 9.17) is 4.43 Å². The zero-order valence-corrected chi connectivity index (χ0v) is 11.5. The van der Waals surface area contributed by atoms with Crippen LogP contribution >= 0.6 is 0 Å². The maximum absolute atomic E-state index is 6.11. The van der Waals surface area contributed by atoms with E-state index >= 15 is 0 Å². The normalized spacial score (nSPS) is 11.9. The fourth-order valence-corrected chi connectivity index (χ4v) is 4.77. The van der Waals surface area contributed by atoms with Crippen molar-refractivity contribution in [2.24, 2.45) is 5.92 Å². The van der Waals surface area contributed by atoms with Crippen molar-refractivity contribution < 1.29 is 4.43 Å². The summed E-state index contributed by atoms with van der Waals surface area (Å²) < 4.78 is 7.39. The molecule has 0 aliphatic heterocycles. The first-order chi connectivity index (χ1) is 6.89. The molecule has 0 aromatic heterocycles. The van der Waals surface area contributed by atoms with Crippen LogP contribution in [0.4, 0.5) is 0 Å². The fraction of sp³-hybridized carbons (Fsp3) is 0.500. The van der Waals surface area contributed by atoms with Gasteiger partial charge in [-0.15, -0.1) is 0 Å². The zero-order valence-electron chi connectivity index (χ0n) is 10.5. The Labute approximate surface area is 104 Å². The van der Waals surface area contributed by atoms with Crippen LogP contribution in [0.25, 0.3) is 0 Å². The van der Waals surface area contributed by atoms with Gasteiger partial charge in [0, 0.05) is 0 Å². The number of hydrogen-bond acceptors (Lipinski definition) is 1. The monoisotopic (exact) mass is 214 g/mol. The van der Waals surface area contributed by atoms with E-state index in [1.165, 1.54) is 10.3 Å². The van der Waals surface area contributed by atoms with Crippen molar-refractivity contribution in [3.63, 3.8) is 0 Å². The van der Waals surface area contributed by atoms with Crippen LogP contribution in [0.1, 0.15) is 13.8 Å². The van der Waals surface area contributed by atoms with E-state index in [0.717, 1.165) is 11.7 Å². The Hall–Kier alpha value is -0.166. The van der Waals surface area contributed by atoms with Crippen molar-refractivity contribution in [1.82, 2.24) is 0 Å². The van der Waals surface area contributed by atoms with Gasteiger partial charge in [-0.1, -0.05) is 0 Å². The van der Waals surface area contributed by atoms with Gasteiger partial charge in [0.05, 0.1) is 0 Å². The van der Waals surface area contributed by atoms with Gasteiger partial charge < -0.3 is 0 Å². The molecule has 3 heteroatoms. The van der Waals surface area contributed by atoms with Crippen LogP contribution in [-0.2, 0) is 0 Å². The average Bonchev–Trinajstić information content (AvgIpc) is 2.06. The molecule has 78 valence electrons. The van der Waals surface area contributed by atoms with Gasteiger partial charge in [0.15, 0.2) is 0 Å². The third-order valence-electron chi connectivity index (χ3n) is 2.31. The van der Waals surface area contributed by atoms with Crippen molar-refractivity contribution in [2.45, 2.75) is 33.0 Å². The molecule has 0 radical (unpaired) electrons. The van der Waals surface area contributed by atoms with E-state index in [0.29, 0.717) is 0 Å². The minimum atomic E-state index is -1.52. The second kappa shape index (κ2) is 5.25. The molecule has 0 heterocycles. The van der Waals surface area contributed by atoms with Crippen molar-refractivity contribution in [3.8, 4) is 5.75 Å². The molecule has 1 nitrogen and oxygen atoms in total. The Morgan fingerprint density at radius 3 is 2.20 bits per heavy atom. The summed E-state index contributed by atoms with van der Waals surface area (Å²) in [5.74, 6) is 1.75. The first-order valence-corrected chi connectivity index (χ1v) is 8.76. The van der Waals surface area contributed by atoms with E-state index in [9.17, 15) is 0 Å². The second-order valence-corrected chi connectivity index (χ2v) is 9.40. The predicted molar refractivity (Wildman–Crippen MR) is 69.6 cm³/mol. The molecule has 15 heavy (non-hydrogen) atoms. The maximum atomic E-state index is 6.11. The Kier molecular flexibility index (Phi) is 4.52. The summed E-state index contributed by atoms with van der Waals surface area (Å²) >= 11 is 2.10. The van der Waals surface area contributed by atoms with Gasteiger partial charge in [0.2, 0.25) is 0 Å². The van der Waals surface area contributed by atoms with Crippen LogP contribution in [-0.4, -0.2) is 26.0 Å². The first kappa shape index (κ1) is 12.9. The van der Waals surface area contributed by atoms with E-state index in [1.807, 2.05) is 0 Å². The third kappa shape index (κ3) is 4.93. The molecule has 0 saturated heterocycles. The molecule has 0 aliphatic carbocycles. The molecule has 0 atom stereocenters. The number of benzene rings is 1. The Morgan fingerprint density at radius 1 is 1.20 bits per heavy atom. The Balaban J connectivity index is 2.64. The van der Waals surface area contributed by atoms with Crippen LogP contribution in [0.2, 0.25) is 19.1 Å². The van der Waals surface area contributed by atoms with Gasteiger partial charge in [-0.25, -0.2) is 0 Å². The summed E-state index contributed by atoms with van der Waals surface area (Å²) in [5.41, 5.74) is 0. The molecule has 0 bridgehead atoms. The molecule has 0 saturated carbocycles. The fourth-order valence-electron chi connectivity index (χ4n) is 1.95. The van der Waals surface area contributed by atoms with Crippen LogP contribution in [0.15, 0.2) is 24.3 Å². The van der Waals surface area contributed by atoms with Crippen LogP contribution < -0.4 is 8.66 Å². The van der Waals surface area contributed by atoms with E-state index in [2.05, 4.69) is 68.9 Å². The molecule has 0 aliphatic rings. The summed E-state index contributed by atoms with van der Waals surface area (Å²) in [7, 11) is -1.52. The molecule has 0 N–H and O–H groups in total. The molecule has 0 spiro atoms. The van der Waals surface area contributed by atoms with Gasteiger partial charge in [-0.05, 0) is 0 Å². The standard InChI is InChI=1S/C12H19OSi.Li/c1-11(2)10-14(3,4)13-12-8-6-5-7-9-12;/h6-9,11H,10H2,1-4H3;. The summed E-state index contributed by atoms with van der Waals surface area (Å²) in [6.45, 7) is 9.08. The van der Waals surface area contributed by atoms with Crippen molar-refractivity contribution in [2.75, 3.05) is 0 Å². The minimum absolute atomic E-state index is 0.720.